The van der Waals surface area contributed by atoms with Gasteiger partial charge < -0.3 is 15.5 Å². The molecule has 1 unspecified atom stereocenters. The van der Waals surface area contributed by atoms with Crippen LogP contribution in [-0.2, 0) is 4.79 Å². The molecule has 1 atom stereocenters. The molecule has 3 rings (SSSR count). The first-order chi connectivity index (χ1) is 10.7. The number of aromatic nitrogens is 2. The van der Waals surface area contributed by atoms with Crippen LogP contribution in [0.25, 0.3) is 10.8 Å². The molecule has 6 nitrogen and oxygen atoms in total. The van der Waals surface area contributed by atoms with Crippen LogP contribution in [-0.4, -0.2) is 53.2 Å². The van der Waals surface area contributed by atoms with E-state index in [1.807, 2.05) is 30.0 Å². The van der Waals surface area contributed by atoms with Crippen LogP contribution in [0.3, 0.4) is 0 Å². The van der Waals surface area contributed by atoms with Crippen molar-refractivity contribution < 1.29 is 4.79 Å². The van der Waals surface area contributed by atoms with Crippen LogP contribution in [0, 0.1) is 0 Å². The average molecular weight is 336 g/mol. The van der Waals surface area contributed by atoms with Crippen LogP contribution in [0.5, 0.6) is 0 Å². The van der Waals surface area contributed by atoms with Crippen molar-refractivity contribution in [2.45, 2.75) is 19.4 Å². The van der Waals surface area contributed by atoms with Crippen molar-refractivity contribution in [2.24, 2.45) is 5.73 Å². The highest BCUT2D eigenvalue weighted by Gasteiger charge is 2.25. The first-order valence-electron chi connectivity index (χ1n) is 7.70. The lowest BCUT2D eigenvalue weighted by atomic mass is 10.1. The van der Waals surface area contributed by atoms with Gasteiger partial charge in [-0.25, -0.2) is 0 Å². The molecule has 1 aliphatic rings. The van der Waals surface area contributed by atoms with E-state index in [0.29, 0.717) is 19.5 Å². The zero-order valence-corrected chi connectivity index (χ0v) is 14.0. The van der Waals surface area contributed by atoms with E-state index in [1.165, 1.54) is 0 Å². The average Bonchev–Trinajstić information content (AvgIpc) is 2.60. The van der Waals surface area contributed by atoms with E-state index in [9.17, 15) is 4.79 Å². The number of amides is 1. The van der Waals surface area contributed by atoms with E-state index in [-0.39, 0.29) is 24.4 Å². The van der Waals surface area contributed by atoms with Crippen molar-refractivity contribution >= 4 is 34.9 Å². The number of carbonyl (C=O) groups excluding carboxylic acids is 1. The molecule has 0 bridgehead atoms. The molecule has 1 aromatic heterocycles. The number of nitrogens with zero attached hydrogens (tertiary/aromatic N) is 4. The number of nitrogens with two attached hydrogens (primary N) is 1. The lowest BCUT2D eigenvalue weighted by Crippen LogP contribution is -2.53. The predicted octanol–water partition coefficient (Wildman–Crippen LogP) is 1.44. The summed E-state index contributed by atoms with van der Waals surface area (Å²) in [5, 5.41) is 10.6. The van der Waals surface area contributed by atoms with Gasteiger partial charge in [0.05, 0.1) is 12.2 Å². The van der Waals surface area contributed by atoms with Crippen molar-refractivity contribution in [2.75, 3.05) is 31.1 Å². The Bertz CT molecular complexity index is 667. The molecule has 1 aromatic carbocycles. The number of benzene rings is 1. The highest BCUT2D eigenvalue weighted by atomic mass is 35.5. The number of hydrogen-bond donors (Lipinski definition) is 1. The predicted molar refractivity (Wildman–Crippen MR) is 93.8 cm³/mol. The van der Waals surface area contributed by atoms with E-state index in [1.54, 1.807) is 6.20 Å². The van der Waals surface area contributed by atoms with Crippen LogP contribution in [0.2, 0.25) is 0 Å². The SMILES string of the molecule is CCC(N)C(=O)N1CCN(c2nncc3ccccc23)CC1.Cl. The third kappa shape index (κ3) is 3.54. The third-order valence-corrected chi connectivity index (χ3v) is 4.20. The minimum atomic E-state index is -0.385. The molecule has 0 saturated carbocycles. The second-order valence-corrected chi connectivity index (χ2v) is 5.58. The zero-order chi connectivity index (χ0) is 15.5. The van der Waals surface area contributed by atoms with Gasteiger partial charge in [0.1, 0.15) is 0 Å². The van der Waals surface area contributed by atoms with Crippen LogP contribution >= 0.6 is 12.4 Å². The van der Waals surface area contributed by atoms with Gasteiger partial charge in [-0.05, 0) is 6.42 Å². The van der Waals surface area contributed by atoms with Gasteiger partial charge in [-0.2, -0.15) is 5.10 Å². The Morgan fingerprint density at radius 2 is 1.96 bits per heavy atom. The topological polar surface area (TPSA) is 75.4 Å². The molecule has 2 heterocycles. The van der Waals surface area contributed by atoms with Gasteiger partial charge in [0, 0.05) is 37.0 Å². The molecule has 0 spiro atoms. The van der Waals surface area contributed by atoms with Crippen LogP contribution < -0.4 is 10.6 Å². The summed E-state index contributed by atoms with van der Waals surface area (Å²) in [6.45, 7) is 4.80. The summed E-state index contributed by atoms with van der Waals surface area (Å²) >= 11 is 0. The fraction of sp³-hybridized carbons (Fsp3) is 0.438. The number of anilines is 1. The molecule has 0 radical (unpaired) electrons. The van der Waals surface area contributed by atoms with Crippen molar-refractivity contribution in [3.05, 3.63) is 30.5 Å². The Morgan fingerprint density at radius 3 is 2.65 bits per heavy atom. The summed E-state index contributed by atoms with van der Waals surface area (Å²) in [5.41, 5.74) is 5.84. The Hall–Kier alpha value is -1.92. The van der Waals surface area contributed by atoms with E-state index in [4.69, 9.17) is 5.73 Å². The fourth-order valence-corrected chi connectivity index (χ4v) is 2.79. The van der Waals surface area contributed by atoms with Gasteiger partial charge >= 0.3 is 0 Å². The molecular weight excluding hydrogens is 314 g/mol. The lowest BCUT2D eigenvalue weighted by Gasteiger charge is -2.36. The smallest absolute Gasteiger partial charge is 0.239 e. The van der Waals surface area contributed by atoms with E-state index >= 15 is 0 Å². The summed E-state index contributed by atoms with van der Waals surface area (Å²) < 4.78 is 0. The first-order valence-corrected chi connectivity index (χ1v) is 7.70. The van der Waals surface area contributed by atoms with Gasteiger partial charge in [-0.3, -0.25) is 4.79 Å². The first kappa shape index (κ1) is 17.4. The molecule has 1 amide bonds. The Kier molecular flexibility index (Phi) is 5.74. The maximum absolute atomic E-state index is 12.1. The molecule has 2 N–H and O–H groups in total. The number of rotatable bonds is 3. The quantitative estimate of drug-likeness (QED) is 0.918. The highest BCUT2D eigenvalue weighted by molar-refractivity contribution is 5.91. The van der Waals surface area contributed by atoms with Crippen LogP contribution in [0.4, 0.5) is 5.82 Å². The normalized spacial score (nSPS) is 16.1. The number of piperazine rings is 1. The van der Waals surface area contributed by atoms with Gasteiger partial charge in [0.25, 0.3) is 0 Å². The maximum Gasteiger partial charge on any atom is 0.239 e. The Labute approximate surface area is 142 Å². The monoisotopic (exact) mass is 335 g/mol. The van der Waals surface area contributed by atoms with Crippen molar-refractivity contribution in [3.63, 3.8) is 0 Å². The number of halogens is 1. The van der Waals surface area contributed by atoms with Gasteiger partial charge in [-0.1, -0.05) is 31.2 Å². The summed E-state index contributed by atoms with van der Waals surface area (Å²) in [7, 11) is 0. The summed E-state index contributed by atoms with van der Waals surface area (Å²) in [6.07, 6.45) is 2.45. The Morgan fingerprint density at radius 1 is 1.26 bits per heavy atom. The Balaban J connectivity index is 0.00000192. The van der Waals surface area contributed by atoms with Crippen molar-refractivity contribution in [1.29, 1.82) is 0 Å². The van der Waals surface area contributed by atoms with Gasteiger partial charge in [0.2, 0.25) is 5.91 Å². The van der Waals surface area contributed by atoms with Crippen molar-refractivity contribution in [3.8, 4) is 0 Å². The minimum Gasteiger partial charge on any atom is -0.351 e. The third-order valence-electron chi connectivity index (χ3n) is 4.20. The second-order valence-electron chi connectivity index (χ2n) is 5.58. The van der Waals surface area contributed by atoms with E-state index in [0.717, 1.165) is 29.7 Å². The molecule has 124 valence electrons. The molecule has 23 heavy (non-hydrogen) atoms. The fourth-order valence-electron chi connectivity index (χ4n) is 2.79. The summed E-state index contributed by atoms with van der Waals surface area (Å²) in [6, 6.07) is 7.71. The van der Waals surface area contributed by atoms with E-state index in [2.05, 4.69) is 21.2 Å². The van der Waals surface area contributed by atoms with Crippen LogP contribution in [0.15, 0.2) is 30.5 Å². The zero-order valence-electron chi connectivity index (χ0n) is 13.2. The van der Waals surface area contributed by atoms with Gasteiger partial charge in [0.15, 0.2) is 5.82 Å². The standard InChI is InChI=1S/C16H21N5O.ClH/c1-2-14(17)16(22)21-9-7-20(8-10-21)15-13-6-4-3-5-12(13)11-18-19-15;/h3-6,11,14H,2,7-10,17H2,1H3;1H. The molecular formula is C16H22ClN5O. The highest BCUT2D eigenvalue weighted by Crippen LogP contribution is 2.24. The lowest BCUT2D eigenvalue weighted by molar-refractivity contribution is -0.132. The molecule has 1 fully saturated rings. The second kappa shape index (κ2) is 7.57. The number of carbonyl (C=O) groups is 1. The molecule has 1 saturated heterocycles. The molecule has 2 aromatic rings. The largest absolute Gasteiger partial charge is 0.351 e. The molecule has 1 aliphatic heterocycles. The van der Waals surface area contributed by atoms with Crippen molar-refractivity contribution in [1.82, 2.24) is 15.1 Å². The van der Waals surface area contributed by atoms with Crippen LogP contribution in [0.1, 0.15) is 13.3 Å². The summed E-state index contributed by atoms with van der Waals surface area (Å²) in [5.74, 6) is 0.941. The maximum atomic E-state index is 12.1. The van der Waals surface area contributed by atoms with Gasteiger partial charge in [-0.15, -0.1) is 17.5 Å². The number of fused-ring (bicyclic) bond motifs is 1. The molecule has 7 heteroatoms. The molecule has 0 aliphatic carbocycles. The van der Waals surface area contributed by atoms with E-state index < -0.39 is 0 Å². The minimum absolute atomic E-state index is 0. The number of hydrogen-bond acceptors (Lipinski definition) is 5. The summed E-state index contributed by atoms with van der Waals surface area (Å²) in [4.78, 5) is 16.2.